The van der Waals surface area contributed by atoms with Gasteiger partial charge in [0.25, 0.3) is 0 Å². The molecule has 0 atom stereocenters. The van der Waals surface area contributed by atoms with Crippen molar-refractivity contribution in [2.75, 3.05) is 0 Å². The number of aromatic nitrogens is 2. The van der Waals surface area contributed by atoms with Crippen LogP contribution in [0.5, 0.6) is 0 Å². The molecular formula is C10H8Cl2N2. The number of hydrogen-bond acceptors (Lipinski definition) is 1. The van der Waals surface area contributed by atoms with Crippen molar-refractivity contribution in [3.05, 3.63) is 46.5 Å². The van der Waals surface area contributed by atoms with Crippen LogP contribution in [0.3, 0.4) is 0 Å². The van der Waals surface area contributed by atoms with E-state index >= 15 is 0 Å². The van der Waals surface area contributed by atoms with Crippen LogP contribution >= 0.6 is 23.2 Å². The maximum atomic E-state index is 5.86. The van der Waals surface area contributed by atoms with Gasteiger partial charge >= 0.3 is 0 Å². The lowest BCUT2D eigenvalue weighted by molar-refractivity contribution is 1.04. The maximum absolute atomic E-state index is 5.86. The lowest BCUT2D eigenvalue weighted by Crippen LogP contribution is -1.92. The fourth-order valence-corrected chi connectivity index (χ4v) is 1.71. The minimum Gasteiger partial charge on any atom is -0.304 e. The third kappa shape index (κ3) is 1.76. The molecule has 0 amide bonds. The Hall–Kier alpha value is -0.990. The first-order valence-electron chi connectivity index (χ1n) is 4.13. The molecule has 0 spiro atoms. The summed E-state index contributed by atoms with van der Waals surface area (Å²) in [5.74, 6) is 0. The quantitative estimate of drug-likeness (QED) is 0.729. The summed E-state index contributed by atoms with van der Waals surface area (Å²) in [6.45, 7) is 2.00. The van der Waals surface area contributed by atoms with Crippen molar-refractivity contribution in [1.82, 2.24) is 9.55 Å². The highest BCUT2D eigenvalue weighted by molar-refractivity contribution is 6.30. The van der Waals surface area contributed by atoms with Crippen molar-refractivity contribution in [1.29, 1.82) is 0 Å². The van der Waals surface area contributed by atoms with Gasteiger partial charge in [-0.1, -0.05) is 23.2 Å². The normalized spacial score (nSPS) is 10.5. The minimum absolute atomic E-state index is 0.486. The van der Waals surface area contributed by atoms with E-state index in [1.165, 1.54) is 0 Å². The second-order valence-electron chi connectivity index (χ2n) is 3.03. The molecule has 1 aromatic heterocycles. The summed E-state index contributed by atoms with van der Waals surface area (Å²) in [7, 11) is 0. The standard InChI is InChI=1S/C10H8Cl2N2/c1-7-4-8(11)2-3-9(7)14-5-10(12)13-6-14/h2-6H,1H3. The summed E-state index contributed by atoms with van der Waals surface area (Å²) in [6, 6.07) is 5.69. The second-order valence-corrected chi connectivity index (χ2v) is 3.86. The Kier molecular flexibility index (Phi) is 2.48. The van der Waals surface area contributed by atoms with E-state index in [1.54, 1.807) is 12.5 Å². The van der Waals surface area contributed by atoms with Gasteiger partial charge in [-0.2, -0.15) is 0 Å². The van der Waals surface area contributed by atoms with Crippen molar-refractivity contribution < 1.29 is 0 Å². The van der Waals surface area contributed by atoms with Crippen molar-refractivity contribution in [2.45, 2.75) is 6.92 Å². The van der Waals surface area contributed by atoms with Gasteiger partial charge in [0, 0.05) is 16.9 Å². The number of rotatable bonds is 1. The predicted molar refractivity (Wildman–Crippen MR) is 58.3 cm³/mol. The van der Waals surface area contributed by atoms with E-state index in [0.29, 0.717) is 5.15 Å². The van der Waals surface area contributed by atoms with Gasteiger partial charge < -0.3 is 4.57 Å². The van der Waals surface area contributed by atoms with Crippen molar-refractivity contribution in [3.63, 3.8) is 0 Å². The van der Waals surface area contributed by atoms with Crippen LogP contribution in [0, 0.1) is 6.92 Å². The van der Waals surface area contributed by atoms with Gasteiger partial charge in [0.2, 0.25) is 0 Å². The van der Waals surface area contributed by atoms with Gasteiger partial charge in [-0.3, -0.25) is 0 Å². The zero-order chi connectivity index (χ0) is 10.1. The lowest BCUT2D eigenvalue weighted by Gasteiger charge is -2.05. The monoisotopic (exact) mass is 226 g/mol. The summed E-state index contributed by atoms with van der Waals surface area (Å²) in [6.07, 6.45) is 3.44. The molecular weight excluding hydrogens is 219 g/mol. The van der Waals surface area contributed by atoms with Gasteiger partial charge in [0.15, 0.2) is 0 Å². The van der Waals surface area contributed by atoms with Crippen LogP contribution in [-0.4, -0.2) is 9.55 Å². The molecule has 0 fully saturated rings. The number of imidazole rings is 1. The Balaban J connectivity index is 2.52. The van der Waals surface area contributed by atoms with Gasteiger partial charge in [-0.15, -0.1) is 0 Å². The van der Waals surface area contributed by atoms with E-state index in [-0.39, 0.29) is 0 Å². The molecule has 0 bridgehead atoms. The molecule has 0 aliphatic heterocycles. The average molecular weight is 227 g/mol. The molecule has 0 saturated carbocycles. The van der Waals surface area contributed by atoms with E-state index in [0.717, 1.165) is 16.3 Å². The van der Waals surface area contributed by atoms with E-state index in [4.69, 9.17) is 23.2 Å². The van der Waals surface area contributed by atoms with E-state index in [9.17, 15) is 0 Å². The molecule has 14 heavy (non-hydrogen) atoms. The molecule has 0 saturated heterocycles. The van der Waals surface area contributed by atoms with Crippen LogP contribution in [0.2, 0.25) is 10.2 Å². The topological polar surface area (TPSA) is 17.8 Å². The molecule has 1 heterocycles. The number of halogens is 2. The van der Waals surface area contributed by atoms with Crippen LogP contribution in [0.1, 0.15) is 5.56 Å². The second kappa shape index (κ2) is 3.64. The number of benzene rings is 1. The number of nitrogens with zero attached hydrogens (tertiary/aromatic N) is 2. The van der Waals surface area contributed by atoms with Crippen LogP contribution in [0.4, 0.5) is 0 Å². The third-order valence-electron chi connectivity index (χ3n) is 1.99. The average Bonchev–Trinajstić information content (AvgIpc) is 2.51. The lowest BCUT2D eigenvalue weighted by atomic mass is 10.2. The molecule has 0 aliphatic carbocycles. The van der Waals surface area contributed by atoms with Crippen LogP contribution < -0.4 is 0 Å². The summed E-state index contributed by atoms with van der Waals surface area (Å²) in [5.41, 5.74) is 2.13. The summed E-state index contributed by atoms with van der Waals surface area (Å²) in [5, 5.41) is 1.22. The smallest absolute Gasteiger partial charge is 0.147 e. The van der Waals surface area contributed by atoms with E-state index in [1.807, 2.05) is 29.7 Å². The van der Waals surface area contributed by atoms with Crippen LogP contribution in [0.25, 0.3) is 5.69 Å². The van der Waals surface area contributed by atoms with Gasteiger partial charge in [-0.25, -0.2) is 4.98 Å². The van der Waals surface area contributed by atoms with Crippen molar-refractivity contribution in [3.8, 4) is 5.69 Å². The summed E-state index contributed by atoms with van der Waals surface area (Å²) < 4.78 is 1.87. The Morgan fingerprint density at radius 2 is 2.07 bits per heavy atom. The minimum atomic E-state index is 0.486. The molecule has 0 N–H and O–H groups in total. The molecule has 2 rings (SSSR count). The Bertz CT molecular complexity index is 463. The Morgan fingerprint density at radius 1 is 1.29 bits per heavy atom. The predicted octanol–water partition coefficient (Wildman–Crippen LogP) is 3.49. The van der Waals surface area contributed by atoms with Crippen molar-refractivity contribution >= 4 is 23.2 Å². The molecule has 2 nitrogen and oxygen atoms in total. The maximum Gasteiger partial charge on any atom is 0.147 e. The highest BCUT2D eigenvalue weighted by Gasteiger charge is 2.02. The highest BCUT2D eigenvalue weighted by Crippen LogP contribution is 2.19. The first-order chi connectivity index (χ1) is 6.66. The van der Waals surface area contributed by atoms with Crippen LogP contribution in [-0.2, 0) is 0 Å². The third-order valence-corrected chi connectivity index (χ3v) is 2.42. The van der Waals surface area contributed by atoms with Gasteiger partial charge in [-0.05, 0) is 30.7 Å². The molecule has 0 radical (unpaired) electrons. The van der Waals surface area contributed by atoms with Gasteiger partial charge in [0.05, 0.1) is 0 Å². The fourth-order valence-electron chi connectivity index (χ4n) is 1.34. The summed E-state index contributed by atoms with van der Waals surface area (Å²) in [4.78, 5) is 3.95. The molecule has 72 valence electrons. The largest absolute Gasteiger partial charge is 0.304 e. The van der Waals surface area contributed by atoms with E-state index in [2.05, 4.69) is 4.98 Å². The molecule has 1 aromatic carbocycles. The van der Waals surface area contributed by atoms with E-state index < -0.39 is 0 Å². The molecule has 4 heteroatoms. The zero-order valence-corrected chi connectivity index (χ0v) is 9.05. The molecule has 0 aliphatic rings. The Labute approximate surface area is 92.1 Å². The highest BCUT2D eigenvalue weighted by atomic mass is 35.5. The fraction of sp³-hybridized carbons (Fsp3) is 0.100. The summed E-state index contributed by atoms with van der Waals surface area (Å²) >= 11 is 11.6. The molecule has 0 unspecified atom stereocenters. The van der Waals surface area contributed by atoms with Crippen LogP contribution in [0.15, 0.2) is 30.7 Å². The number of aryl methyl sites for hydroxylation is 1. The van der Waals surface area contributed by atoms with Crippen molar-refractivity contribution in [2.24, 2.45) is 0 Å². The SMILES string of the molecule is Cc1cc(Cl)ccc1-n1cnc(Cl)c1. The van der Waals surface area contributed by atoms with Gasteiger partial charge in [0.1, 0.15) is 11.5 Å². The first kappa shape index (κ1) is 9.56. The Morgan fingerprint density at radius 3 is 2.64 bits per heavy atom. The first-order valence-corrected chi connectivity index (χ1v) is 4.88. The molecule has 2 aromatic rings. The number of hydrogen-bond donors (Lipinski definition) is 0. The zero-order valence-electron chi connectivity index (χ0n) is 7.54.